The van der Waals surface area contributed by atoms with Gasteiger partial charge >= 0.3 is 5.97 Å². The van der Waals surface area contributed by atoms with Crippen LogP contribution >= 0.6 is 0 Å². The highest BCUT2D eigenvalue weighted by Gasteiger charge is 2.36. The molecule has 0 saturated heterocycles. The second-order valence-corrected chi connectivity index (χ2v) is 5.47. The number of rotatable bonds is 6. The number of amidine groups is 1. The van der Waals surface area contributed by atoms with Crippen LogP contribution in [0.2, 0.25) is 0 Å². The van der Waals surface area contributed by atoms with Gasteiger partial charge in [0.25, 0.3) is 0 Å². The van der Waals surface area contributed by atoms with Gasteiger partial charge in [-0.2, -0.15) is 0 Å². The number of hydrogen-bond donors (Lipinski definition) is 5. The summed E-state index contributed by atoms with van der Waals surface area (Å²) >= 11 is 0. The molecule has 2 aromatic rings. The molecule has 0 fully saturated rings. The van der Waals surface area contributed by atoms with E-state index in [2.05, 4.69) is 5.32 Å². The maximum atomic E-state index is 11.9. The minimum Gasteiger partial charge on any atom is -0.508 e. The summed E-state index contributed by atoms with van der Waals surface area (Å²) in [5.41, 5.74) is 5.32. The van der Waals surface area contributed by atoms with Crippen LogP contribution in [0.5, 0.6) is 11.5 Å². The summed E-state index contributed by atoms with van der Waals surface area (Å²) in [4.78, 5) is 11.9. The number of ether oxygens (including phenoxy) is 1. The van der Waals surface area contributed by atoms with Crippen molar-refractivity contribution in [2.45, 2.75) is 12.5 Å². The van der Waals surface area contributed by atoms with Gasteiger partial charge in [0, 0.05) is 17.3 Å². The average Bonchev–Trinajstić information content (AvgIpc) is 2.54. The van der Waals surface area contributed by atoms with Crippen LogP contribution in [0, 0.1) is 5.41 Å². The monoisotopic (exact) mass is 329 g/mol. The van der Waals surface area contributed by atoms with E-state index in [0.29, 0.717) is 22.6 Å². The number of carboxylic acid groups (broad SMARTS) is 1. The molecular weight excluding hydrogens is 310 g/mol. The molecule has 0 spiro atoms. The minimum atomic E-state index is -1.50. The highest BCUT2D eigenvalue weighted by molar-refractivity contribution is 5.95. The Bertz CT molecular complexity index is 774. The SMILES string of the molecule is COc1cc(O)cc(C(C)(Nc2ccc(C(=N)N)cc2)C(=O)O)c1. The number of aliphatic carboxylic acids is 1. The molecule has 7 heteroatoms. The number of anilines is 1. The van der Waals surface area contributed by atoms with Crippen LogP contribution in [0.1, 0.15) is 18.1 Å². The van der Waals surface area contributed by atoms with E-state index in [9.17, 15) is 15.0 Å². The Balaban J connectivity index is 2.42. The minimum absolute atomic E-state index is 0.0692. The first-order valence-electron chi connectivity index (χ1n) is 7.11. The molecule has 126 valence electrons. The molecule has 0 aliphatic rings. The summed E-state index contributed by atoms with van der Waals surface area (Å²) in [6.45, 7) is 1.49. The number of carboxylic acids is 1. The van der Waals surface area contributed by atoms with Crippen molar-refractivity contribution in [3.8, 4) is 11.5 Å². The van der Waals surface area contributed by atoms with Gasteiger partial charge in [-0.1, -0.05) is 0 Å². The zero-order valence-electron chi connectivity index (χ0n) is 13.3. The van der Waals surface area contributed by atoms with E-state index in [4.69, 9.17) is 15.9 Å². The van der Waals surface area contributed by atoms with Crippen LogP contribution < -0.4 is 15.8 Å². The maximum absolute atomic E-state index is 11.9. The zero-order valence-corrected chi connectivity index (χ0v) is 13.3. The number of phenols is 1. The van der Waals surface area contributed by atoms with E-state index in [1.807, 2.05) is 0 Å². The van der Waals surface area contributed by atoms with Crippen LogP contribution in [0.15, 0.2) is 42.5 Å². The first-order chi connectivity index (χ1) is 11.3. The molecule has 0 bridgehead atoms. The molecule has 7 nitrogen and oxygen atoms in total. The molecule has 0 amide bonds. The van der Waals surface area contributed by atoms with Gasteiger partial charge in [-0.15, -0.1) is 0 Å². The van der Waals surface area contributed by atoms with Crippen molar-refractivity contribution in [3.05, 3.63) is 53.6 Å². The topological polar surface area (TPSA) is 129 Å². The van der Waals surface area contributed by atoms with E-state index in [0.717, 1.165) is 0 Å². The maximum Gasteiger partial charge on any atom is 0.333 e. The number of nitrogens with two attached hydrogens (primary N) is 1. The lowest BCUT2D eigenvalue weighted by Crippen LogP contribution is -2.40. The molecule has 0 aliphatic heterocycles. The summed E-state index contributed by atoms with van der Waals surface area (Å²) in [7, 11) is 1.44. The number of nitrogen functional groups attached to an aromatic ring is 1. The van der Waals surface area contributed by atoms with Gasteiger partial charge in [0.1, 0.15) is 17.3 Å². The fourth-order valence-corrected chi connectivity index (χ4v) is 2.26. The van der Waals surface area contributed by atoms with E-state index >= 15 is 0 Å². The van der Waals surface area contributed by atoms with Crippen molar-refractivity contribution < 1.29 is 19.7 Å². The van der Waals surface area contributed by atoms with Crippen LogP contribution in [0.4, 0.5) is 5.69 Å². The number of benzene rings is 2. The van der Waals surface area contributed by atoms with Crippen molar-refractivity contribution in [1.82, 2.24) is 0 Å². The van der Waals surface area contributed by atoms with Gasteiger partial charge in [-0.3, -0.25) is 5.41 Å². The lowest BCUT2D eigenvalue weighted by atomic mass is 9.91. The summed E-state index contributed by atoms with van der Waals surface area (Å²) in [5, 5.41) is 29.8. The molecule has 0 heterocycles. The standard InChI is InChI=1S/C17H19N3O4/c1-17(16(22)23,11-7-13(21)9-14(8-11)24-2)20-12-5-3-10(4-6-12)15(18)19/h3-9,20-21H,1-2H3,(H3,18,19)(H,22,23). The van der Waals surface area contributed by atoms with Crippen LogP contribution in [-0.2, 0) is 10.3 Å². The summed E-state index contributed by atoms with van der Waals surface area (Å²) < 4.78 is 5.08. The van der Waals surface area contributed by atoms with Crippen LogP contribution in [0.3, 0.4) is 0 Å². The highest BCUT2D eigenvalue weighted by atomic mass is 16.5. The summed E-state index contributed by atoms with van der Waals surface area (Å²) in [5.74, 6) is -0.928. The van der Waals surface area contributed by atoms with Gasteiger partial charge in [0.05, 0.1) is 7.11 Å². The Kier molecular flexibility index (Phi) is 4.64. The van der Waals surface area contributed by atoms with E-state index < -0.39 is 11.5 Å². The normalized spacial score (nSPS) is 12.9. The number of hydrogen-bond acceptors (Lipinski definition) is 5. The second-order valence-electron chi connectivity index (χ2n) is 5.47. The third kappa shape index (κ3) is 3.40. The van der Waals surface area contributed by atoms with Crippen molar-refractivity contribution in [2.24, 2.45) is 5.73 Å². The van der Waals surface area contributed by atoms with Gasteiger partial charge in [-0.05, 0) is 48.9 Å². The molecule has 2 rings (SSSR count). The first-order valence-corrected chi connectivity index (χ1v) is 7.11. The highest BCUT2D eigenvalue weighted by Crippen LogP contribution is 2.32. The van der Waals surface area contributed by atoms with E-state index in [-0.39, 0.29) is 11.6 Å². The Hall–Kier alpha value is -3.22. The van der Waals surface area contributed by atoms with Crippen molar-refractivity contribution in [3.63, 3.8) is 0 Å². The summed E-state index contributed by atoms with van der Waals surface area (Å²) in [6.07, 6.45) is 0. The number of methoxy groups -OCH3 is 1. The average molecular weight is 329 g/mol. The Labute approximate surface area is 139 Å². The third-order valence-corrected chi connectivity index (χ3v) is 3.72. The van der Waals surface area contributed by atoms with Crippen molar-refractivity contribution in [1.29, 1.82) is 5.41 Å². The number of phenolic OH excluding ortho intramolecular Hbond substituents is 1. The largest absolute Gasteiger partial charge is 0.508 e. The lowest BCUT2D eigenvalue weighted by molar-refractivity contribution is -0.142. The molecule has 24 heavy (non-hydrogen) atoms. The van der Waals surface area contributed by atoms with E-state index in [1.165, 1.54) is 26.2 Å². The quantitative estimate of drug-likeness (QED) is 0.408. The Morgan fingerprint density at radius 1 is 1.25 bits per heavy atom. The molecule has 6 N–H and O–H groups in total. The predicted octanol–water partition coefficient (Wildman–Crippen LogP) is 2.10. The molecule has 0 aromatic heterocycles. The van der Waals surface area contributed by atoms with Crippen LogP contribution in [0.25, 0.3) is 0 Å². The zero-order chi connectivity index (χ0) is 17.9. The Morgan fingerprint density at radius 3 is 2.38 bits per heavy atom. The lowest BCUT2D eigenvalue weighted by Gasteiger charge is -2.28. The molecule has 0 saturated carbocycles. The third-order valence-electron chi connectivity index (χ3n) is 3.72. The number of aromatic hydroxyl groups is 1. The fraction of sp³-hybridized carbons (Fsp3) is 0.176. The first kappa shape index (κ1) is 17.1. The number of nitrogens with one attached hydrogen (secondary N) is 2. The number of carbonyl (C=O) groups is 1. The molecule has 1 atom stereocenters. The molecule has 1 unspecified atom stereocenters. The predicted molar refractivity (Wildman–Crippen MR) is 90.7 cm³/mol. The summed E-state index contributed by atoms with van der Waals surface area (Å²) in [6, 6.07) is 10.8. The van der Waals surface area contributed by atoms with Crippen molar-refractivity contribution >= 4 is 17.5 Å². The molecular formula is C17H19N3O4. The van der Waals surface area contributed by atoms with Gasteiger partial charge < -0.3 is 26.0 Å². The smallest absolute Gasteiger partial charge is 0.333 e. The molecule has 0 aliphatic carbocycles. The molecule has 2 aromatic carbocycles. The van der Waals surface area contributed by atoms with Gasteiger partial charge in [0.15, 0.2) is 5.54 Å². The fourth-order valence-electron chi connectivity index (χ4n) is 2.26. The molecule has 0 radical (unpaired) electrons. The second kappa shape index (κ2) is 6.49. The van der Waals surface area contributed by atoms with E-state index in [1.54, 1.807) is 30.3 Å². The van der Waals surface area contributed by atoms with Gasteiger partial charge in [0.2, 0.25) is 0 Å². The van der Waals surface area contributed by atoms with Crippen molar-refractivity contribution in [2.75, 3.05) is 12.4 Å². The van der Waals surface area contributed by atoms with Crippen LogP contribution in [-0.4, -0.2) is 29.1 Å². The Morgan fingerprint density at radius 2 is 1.88 bits per heavy atom. The van der Waals surface area contributed by atoms with Gasteiger partial charge in [-0.25, -0.2) is 4.79 Å².